The Hall–Kier alpha value is -1.70. The lowest BCUT2D eigenvalue weighted by Gasteiger charge is -2.28. The smallest absolute Gasteiger partial charge is 0.315 e. The molecule has 0 aliphatic heterocycles. The van der Waals surface area contributed by atoms with E-state index in [0.29, 0.717) is 12.8 Å². The van der Waals surface area contributed by atoms with E-state index in [-0.39, 0.29) is 19.1 Å². The van der Waals surface area contributed by atoms with Crippen molar-refractivity contribution in [1.82, 2.24) is 10.6 Å². The predicted molar refractivity (Wildman–Crippen MR) is 72.6 cm³/mol. The van der Waals surface area contributed by atoms with E-state index in [0.717, 1.165) is 25.7 Å². The molecule has 0 bridgehead atoms. The molecule has 0 heterocycles. The molecule has 0 radical (unpaired) electrons. The summed E-state index contributed by atoms with van der Waals surface area (Å²) in [5, 5.41) is 14.7. The standard InChI is InChI=1S/C14H22N2O3/c1-2-3-10-15-13(19)16-11-14(12(17)18)8-6-4-5-7-9-14/h4-11H2,1H3,(H,17,18)(H2,15,16,19). The van der Waals surface area contributed by atoms with Gasteiger partial charge in [-0.25, -0.2) is 4.79 Å². The lowest BCUT2D eigenvalue weighted by atomic mass is 9.80. The average molecular weight is 266 g/mol. The monoisotopic (exact) mass is 266 g/mol. The van der Waals surface area contributed by atoms with Crippen molar-refractivity contribution in [2.45, 2.75) is 45.4 Å². The van der Waals surface area contributed by atoms with E-state index in [1.165, 1.54) is 0 Å². The van der Waals surface area contributed by atoms with E-state index in [9.17, 15) is 14.7 Å². The molecule has 5 heteroatoms. The van der Waals surface area contributed by atoms with Crippen molar-refractivity contribution < 1.29 is 14.7 Å². The van der Waals surface area contributed by atoms with Crippen molar-refractivity contribution in [2.24, 2.45) is 5.41 Å². The molecule has 0 atom stereocenters. The first kappa shape index (κ1) is 15.4. The topological polar surface area (TPSA) is 78.4 Å². The third-order valence-corrected chi connectivity index (χ3v) is 3.62. The zero-order chi connectivity index (χ0) is 14.1. The first-order chi connectivity index (χ1) is 9.10. The van der Waals surface area contributed by atoms with Gasteiger partial charge in [0, 0.05) is 6.54 Å². The zero-order valence-corrected chi connectivity index (χ0v) is 11.4. The Morgan fingerprint density at radius 2 is 1.79 bits per heavy atom. The Bertz CT molecular complexity index is 374. The van der Waals surface area contributed by atoms with E-state index in [2.05, 4.69) is 22.5 Å². The van der Waals surface area contributed by atoms with Crippen molar-refractivity contribution in [3.63, 3.8) is 0 Å². The molecule has 5 nitrogen and oxygen atoms in total. The van der Waals surface area contributed by atoms with Crippen LogP contribution in [-0.4, -0.2) is 30.2 Å². The fourth-order valence-electron chi connectivity index (χ4n) is 2.40. The van der Waals surface area contributed by atoms with Gasteiger partial charge in [0.05, 0.1) is 12.0 Å². The lowest BCUT2D eigenvalue weighted by Crippen LogP contribution is -2.46. The molecule has 1 fully saturated rings. The van der Waals surface area contributed by atoms with Gasteiger partial charge in [0.2, 0.25) is 0 Å². The van der Waals surface area contributed by atoms with Crippen LogP contribution in [0.5, 0.6) is 0 Å². The van der Waals surface area contributed by atoms with Crippen LogP contribution in [0.25, 0.3) is 0 Å². The van der Waals surface area contributed by atoms with E-state index < -0.39 is 11.4 Å². The molecule has 1 saturated carbocycles. The molecule has 1 aliphatic carbocycles. The fourth-order valence-corrected chi connectivity index (χ4v) is 2.40. The predicted octanol–water partition coefficient (Wildman–Crippen LogP) is 1.73. The molecule has 0 aromatic heterocycles. The molecule has 0 unspecified atom stereocenters. The normalized spacial score (nSPS) is 17.5. The van der Waals surface area contributed by atoms with Crippen LogP contribution in [-0.2, 0) is 4.79 Å². The van der Waals surface area contributed by atoms with Crippen LogP contribution in [0.15, 0.2) is 0 Å². The molecule has 0 aromatic carbocycles. The number of carbonyl (C=O) groups excluding carboxylic acids is 1. The maximum atomic E-state index is 11.5. The third-order valence-electron chi connectivity index (χ3n) is 3.62. The molecule has 3 N–H and O–H groups in total. The minimum Gasteiger partial charge on any atom is -0.481 e. The van der Waals surface area contributed by atoms with Gasteiger partial charge in [-0.2, -0.15) is 0 Å². The van der Waals surface area contributed by atoms with Crippen LogP contribution >= 0.6 is 0 Å². The summed E-state index contributed by atoms with van der Waals surface area (Å²) in [6.07, 6.45) is 5.25. The number of urea groups is 1. The number of hydrogen-bond donors (Lipinski definition) is 3. The number of carboxylic acid groups (broad SMARTS) is 1. The second-order valence-corrected chi connectivity index (χ2v) is 4.96. The SMILES string of the molecule is CC#CCNC(=O)NCC1(C(=O)O)CCCCCC1. The second-order valence-electron chi connectivity index (χ2n) is 4.96. The first-order valence-electron chi connectivity index (χ1n) is 6.75. The highest BCUT2D eigenvalue weighted by Gasteiger charge is 2.38. The van der Waals surface area contributed by atoms with E-state index in [1.807, 2.05) is 0 Å². The summed E-state index contributed by atoms with van der Waals surface area (Å²) in [4.78, 5) is 23.0. The summed E-state index contributed by atoms with van der Waals surface area (Å²) >= 11 is 0. The Labute approximate surface area is 114 Å². The van der Waals surface area contributed by atoms with Crippen molar-refractivity contribution in [2.75, 3.05) is 13.1 Å². The van der Waals surface area contributed by atoms with Gasteiger partial charge in [-0.15, -0.1) is 5.92 Å². The molecule has 0 aromatic rings. The van der Waals surface area contributed by atoms with Gasteiger partial charge < -0.3 is 15.7 Å². The molecule has 19 heavy (non-hydrogen) atoms. The van der Waals surface area contributed by atoms with Crippen LogP contribution in [0.1, 0.15) is 45.4 Å². The van der Waals surface area contributed by atoms with Crippen LogP contribution in [0.4, 0.5) is 4.79 Å². The minimum atomic E-state index is -0.803. The average Bonchev–Trinajstić information content (AvgIpc) is 2.63. The number of amides is 2. The second kappa shape index (κ2) is 7.67. The van der Waals surface area contributed by atoms with E-state index in [4.69, 9.17) is 0 Å². The molecule has 0 saturated heterocycles. The van der Waals surface area contributed by atoms with E-state index in [1.54, 1.807) is 6.92 Å². The minimum absolute atomic E-state index is 0.188. The Morgan fingerprint density at radius 3 is 2.32 bits per heavy atom. The van der Waals surface area contributed by atoms with Crippen molar-refractivity contribution in [3.8, 4) is 11.8 Å². The van der Waals surface area contributed by atoms with Crippen molar-refractivity contribution in [1.29, 1.82) is 0 Å². The number of aliphatic carboxylic acids is 1. The molecular formula is C14H22N2O3. The van der Waals surface area contributed by atoms with Gasteiger partial charge in [-0.1, -0.05) is 31.6 Å². The number of hydrogen-bond acceptors (Lipinski definition) is 2. The number of carbonyl (C=O) groups is 2. The molecule has 106 valence electrons. The molecule has 0 spiro atoms. The fraction of sp³-hybridized carbons (Fsp3) is 0.714. The van der Waals surface area contributed by atoms with Crippen LogP contribution < -0.4 is 10.6 Å². The highest BCUT2D eigenvalue weighted by Crippen LogP contribution is 2.34. The van der Waals surface area contributed by atoms with Gasteiger partial charge in [-0.05, 0) is 19.8 Å². The number of rotatable bonds is 4. The van der Waals surface area contributed by atoms with Crippen LogP contribution in [0, 0.1) is 17.3 Å². The maximum absolute atomic E-state index is 11.5. The lowest BCUT2D eigenvalue weighted by molar-refractivity contribution is -0.149. The Balaban J connectivity index is 2.50. The quantitative estimate of drug-likeness (QED) is 0.535. The largest absolute Gasteiger partial charge is 0.481 e. The van der Waals surface area contributed by atoms with E-state index >= 15 is 0 Å². The molecule has 1 rings (SSSR count). The van der Waals surface area contributed by atoms with Crippen LogP contribution in [0.3, 0.4) is 0 Å². The highest BCUT2D eigenvalue weighted by molar-refractivity contribution is 5.78. The van der Waals surface area contributed by atoms with Gasteiger partial charge in [0.25, 0.3) is 0 Å². The van der Waals surface area contributed by atoms with Gasteiger partial charge in [0.1, 0.15) is 0 Å². The Morgan fingerprint density at radius 1 is 1.16 bits per heavy atom. The van der Waals surface area contributed by atoms with Crippen molar-refractivity contribution >= 4 is 12.0 Å². The molecule has 2 amide bonds. The zero-order valence-electron chi connectivity index (χ0n) is 11.4. The first-order valence-corrected chi connectivity index (χ1v) is 6.75. The summed E-state index contributed by atoms with van der Waals surface area (Å²) in [7, 11) is 0. The highest BCUT2D eigenvalue weighted by atomic mass is 16.4. The number of nitrogens with one attached hydrogen (secondary N) is 2. The van der Waals surface area contributed by atoms with Gasteiger partial charge in [-0.3, -0.25) is 4.79 Å². The van der Waals surface area contributed by atoms with Gasteiger partial charge >= 0.3 is 12.0 Å². The van der Waals surface area contributed by atoms with Crippen molar-refractivity contribution in [3.05, 3.63) is 0 Å². The summed E-state index contributed by atoms with van der Waals surface area (Å²) in [5.74, 6) is 4.59. The van der Waals surface area contributed by atoms with Gasteiger partial charge in [0.15, 0.2) is 0 Å². The summed E-state index contributed by atoms with van der Waals surface area (Å²) in [5.41, 5.74) is -0.801. The summed E-state index contributed by atoms with van der Waals surface area (Å²) in [6.45, 7) is 2.17. The Kier molecular flexibility index (Phi) is 6.20. The maximum Gasteiger partial charge on any atom is 0.315 e. The van der Waals surface area contributed by atoms with Crippen LogP contribution in [0.2, 0.25) is 0 Å². The number of carboxylic acids is 1. The third kappa shape index (κ3) is 4.82. The molecular weight excluding hydrogens is 244 g/mol. The summed E-state index contributed by atoms with van der Waals surface area (Å²) < 4.78 is 0. The molecule has 1 aliphatic rings. The summed E-state index contributed by atoms with van der Waals surface area (Å²) in [6, 6.07) is -0.354.